The van der Waals surface area contributed by atoms with Gasteiger partial charge in [-0.25, -0.2) is 4.68 Å². The summed E-state index contributed by atoms with van der Waals surface area (Å²) in [4.78, 5) is 12.6. The number of para-hydroxylation sites is 1. The lowest BCUT2D eigenvalue weighted by molar-refractivity contribution is -0.113. The predicted octanol–water partition coefficient (Wildman–Crippen LogP) is 4.29. The molecule has 1 atom stereocenters. The van der Waals surface area contributed by atoms with Crippen LogP contribution in [0.25, 0.3) is 5.69 Å². The number of aryl methyl sites for hydroxylation is 2. The van der Waals surface area contributed by atoms with E-state index >= 15 is 0 Å². The van der Waals surface area contributed by atoms with Crippen molar-refractivity contribution < 1.29 is 19.0 Å². The van der Waals surface area contributed by atoms with Gasteiger partial charge in [-0.3, -0.25) is 4.79 Å². The van der Waals surface area contributed by atoms with Crippen molar-refractivity contribution in [1.82, 2.24) is 9.78 Å². The number of rotatable bonds is 5. The number of ether oxygens (including phenoxy) is 3. The van der Waals surface area contributed by atoms with Crippen LogP contribution in [0.5, 0.6) is 17.2 Å². The molecular formula is C23H25N3O4S. The molecule has 0 bridgehead atoms. The van der Waals surface area contributed by atoms with E-state index < -0.39 is 0 Å². The average Bonchev–Trinajstić information content (AvgIpc) is 2.97. The molecular weight excluding hydrogens is 414 g/mol. The largest absolute Gasteiger partial charge is 0.493 e. The van der Waals surface area contributed by atoms with Gasteiger partial charge in [-0.05, 0) is 43.2 Å². The molecule has 2 aromatic carbocycles. The van der Waals surface area contributed by atoms with Crippen molar-refractivity contribution in [2.45, 2.75) is 19.1 Å². The van der Waals surface area contributed by atoms with Crippen LogP contribution in [0.15, 0.2) is 36.4 Å². The molecule has 1 aliphatic rings. The first kappa shape index (κ1) is 21.1. The molecule has 0 aliphatic carbocycles. The van der Waals surface area contributed by atoms with Crippen molar-refractivity contribution in [2.75, 3.05) is 32.4 Å². The summed E-state index contributed by atoms with van der Waals surface area (Å²) in [6, 6.07) is 11.9. The van der Waals surface area contributed by atoms with Gasteiger partial charge in [0.1, 0.15) is 5.82 Å². The molecule has 8 heteroatoms. The van der Waals surface area contributed by atoms with E-state index in [1.165, 1.54) is 0 Å². The van der Waals surface area contributed by atoms with Crippen LogP contribution in [0.2, 0.25) is 0 Å². The number of hydrogen-bond acceptors (Lipinski definition) is 6. The summed E-state index contributed by atoms with van der Waals surface area (Å²) in [7, 11) is 4.77. The predicted molar refractivity (Wildman–Crippen MR) is 122 cm³/mol. The molecule has 1 aromatic heterocycles. The van der Waals surface area contributed by atoms with Crippen LogP contribution < -0.4 is 19.5 Å². The summed E-state index contributed by atoms with van der Waals surface area (Å²) < 4.78 is 18.4. The number of nitrogens with one attached hydrogen (secondary N) is 1. The lowest BCUT2D eigenvalue weighted by Gasteiger charge is -2.19. The molecule has 1 aliphatic heterocycles. The highest BCUT2D eigenvalue weighted by Crippen LogP contribution is 2.48. The number of fused-ring (bicyclic) bond motifs is 1. The van der Waals surface area contributed by atoms with Gasteiger partial charge in [0, 0.05) is 5.56 Å². The maximum atomic E-state index is 12.6. The van der Waals surface area contributed by atoms with Crippen LogP contribution >= 0.6 is 11.8 Å². The number of methoxy groups -OCH3 is 3. The minimum absolute atomic E-state index is 0.0593. The van der Waals surface area contributed by atoms with E-state index in [4.69, 9.17) is 19.3 Å². The lowest BCUT2D eigenvalue weighted by atomic mass is 10.0. The summed E-state index contributed by atoms with van der Waals surface area (Å²) in [5, 5.41) is 7.73. The molecule has 1 amide bonds. The summed E-state index contributed by atoms with van der Waals surface area (Å²) in [5.74, 6) is 2.65. The highest BCUT2D eigenvalue weighted by Gasteiger charge is 2.32. The molecule has 31 heavy (non-hydrogen) atoms. The van der Waals surface area contributed by atoms with Gasteiger partial charge < -0.3 is 19.5 Å². The monoisotopic (exact) mass is 439 g/mol. The second-order valence-corrected chi connectivity index (χ2v) is 8.34. The summed E-state index contributed by atoms with van der Waals surface area (Å²) in [6.45, 7) is 4.00. The molecule has 162 valence electrons. The second kappa shape index (κ2) is 8.55. The minimum Gasteiger partial charge on any atom is -0.493 e. The molecule has 2 heterocycles. The molecule has 0 saturated heterocycles. The van der Waals surface area contributed by atoms with Crippen LogP contribution in [-0.2, 0) is 4.79 Å². The van der Waals surface area contributed by atoms with Gasteiger partial charge in [0.05, 0.1) is 43.7 Å². The number of carbonyl (C=O) groups is 1. The van der Waals surface area contributed by atoms with Crippen LogP contribution in [0.3, 0.4) is 0 Å². The van der Waals surface area contributed by atoms with Crippen LogP contribution in [0.4, 0.5) is 5.82 Å². The van der Waals surface area contributed by atoms with Gasteiger partial charge in [0.2, 0.25) is 11.7 Å². The van der Waals surface area contributed by atoms with Gasteiger partial charge in [0.15, 0.2) is 11.5 Å². The SMILES string of the molecule is COc1cc(C2SCC(=O)Nc3c2c(C)nn3-c2ccccc2C)cc(OC)c1OC. The molecule has 7 nitrogen and oxygen atoms in total. The van der Waals surface area contributed by atoms with E-state index in [9.17, 15) is 4.79 Å². The summed E-state index contributed by atoms with van der Waals surface area (Å²) >= 11 is 1.55. The van der Waals surface area contributed by atoms with Gasteiger partial charge in [-0.2, -0.15) is 5.10 Å². The molecule has 0 spiro atoms. The number of nitrogens with zero attached hydrogens (tertiary/aromatic N) is 2. The molecule has 0 radical (unpaired) electrons. The third-order valence-electron chi connectivity index (χ3n) is 5.34. The fourth-order valence-electron chi connectivity index (χ4n) is 3.88. The Labute approximate surface area is 185 Å². The quantitative estimate of drug-likeness (QED) is 0.639. The Morgan fingerprint density at radius 1 is 1.06 bits per heavy atom. The molecule has 1 unspecified atom stereocenters. The second-order valence-electron chi connectivity index (χ2n) is 7.24. The molecule has 1 N–H and O–H groups in total. The fourth-order valence-corrected chi connectivity index (χ4v) is 5.04. The van der Waals surface area contributed by atoms with E-state index in [0.717, 1.165) is 28.1 Å². The van der Waals surface area contributed by atoms with E-state index in [0.29, 0.717) is 28.8 Å². The third kappa shape index (κ3) is 3.72. The number of amides is 1. The standard InChI is InChI=1S/C23H25N3O4S/c1-13-8-6-7-9-16(13)26-23-20(14(2)25-26)22(31-12-19(27)24-23)15-10-17(28-3)21(30-5)18(11-15)29-4/h6-11,22H,12H2,1-5H3,(H,24,27). The van der Waals surface area contributed by atoms with Crippen molar-refractivity contribution >= 4 is 23.5 Å². The highest BCUT2D eigenvalue weighted by atomic mass is 32.2. The van der Waals surface area contributed by atoms with Crippen molar-refractivity contribution in [2.24, 2.45) is 0 Å². The summed E-state index contributed by atoms with van der Waals surface area (Å²) in [5.41, 5.74) is 4.77. The first-order chi connectivity index (χ1) is 15.0. The normalized spacial score (nSPS) is 15.6. The van der Waals surface area contributed by atoms with Gasteiger partial charge >= 0.3 is 0 Å². The number of benzene rings is 2. The zero-order chi connectivity index (χ0) is 22.1. The van der Waals surface area contributed by atoms with Crippen molar-refractivity contribution in [3.63, 3.8) is 0 Å². The average molecular weight is 440 g/mol. The van der Waals surface area contributed by atoms with E-state index in [2.05, 4.69) is 5.32 Å². The van der Waals surface area contributed by atoms with Crippen molar-refractivity contribution in [3.05, 3.63) is 58.8 Å². The maximum absolute atomic E-state index is 12.6. The Morgan fingerprint density at radius 3 is 2.35 bits per heavy atom. The van der Waals surface area contributed by atoms with Gasteiger partial charge in [-0.15, -0.1) is 11.8 Å². The van der Waals surface area contributed by atoms with Crippen LogP contribution in [0.1, 0.15) is 27.6 Å². The summed E-state index contributed by atoms with van der Waals surface area (Å²) in [6.07, 6.45) is 0. The van der Waals surface area contributed by atoms with E-state index in [1.807, 2.05) is 54.9 Å². The molecule has 0 fully saturated rings. The smallest absolute Gasteiger partial charge is 0.235 e. The van der Waals surface area contributed by atoms with Crippen molar-refractivity contribution in [1.29, 1.82) is 0 Å². The highest BCUT2D eigenvalue weighted by molar-refractivity contribution is 8.00. The number of aromatic nitrogens is 2. The number of thioether (sulfide) groups is 1. The Kier molecular flexibility index (Phi) is 5.82. The topological polar surface area (TPSA) is 74.6 Å². The van der Waals surface area contributed by atoms with Crippen molar-refractivity contribution in [3.8, 4) is 22.9 Å². The third-order valence-corrected chi connectivity index (χ3v) is 6.61. The molecule has 4 rings (SSSR count). The first-order valence-corrected chi connectivity index (χ1v) is 10.9. The number of anilines is 1. The Bertz CT molecular complexity index is 1120. The lowest BCUT2D eigenvalue weighted by Crippen LogP contribution is -2.16. The Balaban J connectivity index is 1.92. The zero-order valence-corrected chi connectivity index (χ0v) is 19.0. The zero-order valence-electron chi connectivity index (χ0n) is 18.2. The van der Waals surface area contributed by atoms with Gasteiger partial charge in [-0.1, -0.05) is 18.2 Å². The number of hydrogen-bond donors (Lipinski definition) is 1. The molecule has 3 aromatic rings. The fraction of sp³-hybridized carbons (Fsp3) is 0.304. The van der Waals surface area contributed by atoms with E-state index in [1.54, 1.807) is 33.1 Å². The van der Waals surface area contributed by atoms with Gasteiger partial charge in [0.25, 0.3) is 0 Å². The number of carbonyl (C=O) groups excluding carboxylic acids is 1. The molecule has 0 saturated carbocycles. The Hall–Kier alpha value is -3.13. The minimum atomic E-state index is -0.138. The first-order valence-electron chi connectivity index (χ1n) is 9.85. The van der Waals surface area contributed by atoms with Crippen LogP contribution in [0, 0.1) is 13.8 Å². The maximum Gasteiger partial charge on any atom is 0.235 e. The van der Waals surface area contributed by atoms with Crippen LogP contribution in [-0.4, -0.2) is 42.8 Å². The van der Waals surface area contributed by atoms with E-state index in [-0.39, 0.29) is 11.2 Å². The Morgan fingerprint density at radius 2 is 1.74 bits per heavy atom.